The maximum Gasteiger partial charge on any atom is 0.387 e. The lowest BCUT2D eigenvalue weighted by molar-refractivity contribution is -0.0499. The van der Waals surface area contributed by atoms with E-state index in [1.165, 1.54) is 6.07 Å². The number of ether oxygens (including phenoxy) is 1. The minimum Gasteiger partial charge on any atom is -0.435 e. The number of piperazine rings is 1. The second-order valence-electron chi connectivity index (χ2n) is 5.41. The zero-order valence-corrected chi connectivity index (χ0v) is 12.2. The summed E-state index contributed by atoms with van der Waals surface area (Å²) in [6.45, 7) is 0.835. The molecule has 1 aliphatic heterocycles. The standard InChI is InChI=1S/C15H22F2N2O2/c1-18-6-7-19(11-13(18)5-8-20)10-12-3-2-4-14(9-12)21-15(16)17/h2-4,9,13,15,20H,5-8,10-11H2,1H3/t13-/m1/s1. The lowest BCUT2D eigenvalue weighted by Crippen LogP contribution is -2.51. The number of nitrogens with zero attached hydrogens (tertiary/aromatic N) is 2. The molecule has 0 spiro atoms. The van der Waals surface area contributed by atoms with E-state index in [0.717, 1.165) is 31.6 Å². The molecule has 0 aliphatic carbocycles. The zero-order valence-electron chi connectivity index (χ0n) is 12.2. The van der Waals surface area contributed by atoms with Gasteiger partial charge in [0.15, 0.2) is 0 Å². The summed E-state index contributed by atoms with van der Waals surface area (Å²) in [4.78, 5) is 4.53. The molecular formula is C15H22F2N2O2. The van der Waals surface area contributed by atoms with Gasteiger partial charge in [-0.3, -0.25) is 4.90 Å². The van der Waals surface area contributed by atoms with E-state index in [1.807, 2.05) is 6.07 Å². The number of rotatable bonds is 6. The van der Waals surface area contributed by atoms with E-state index in [9.17, 15) is 8.78 Å². The molecule has 1 fully saturated rings. The molecule has 6 heteroatoms. The van der Waals surface area contributed by atoms with Crippen molar-refractivity contribution in [2.24, 2.45) is 0 Å². The maximum absolute atomic E-state index is 12.2. The molecule has 1 N–H and O–H groups in total. The first-order valence-electron chi connectivity index (χ1n) is 7.15. The highest BCUT2D eigenvalue weighted by molar-refractivity contribution is 5.28. The van der Waals surface area contributed by atoms with Crippen molar-refractivity contribution in [3.63, 3.8) is 0 Å². The highest BCUT2D eigenvalue weighted by Crippen LogP contribution is 2.19. The molecule has 1 aliphatic rings. The van der Waals surface area contributed by atoms with E-state index in [1.54, 1.807) is 12.1 Å². The second-order valence-corrected chi connectivity index (χ2v) is 5.41. The smallest absolute Gasteiger partial charge is 0.387 e. The number of benzene rings is 1. The Morgan fingerprint density at radius 1 is 1.38 bits per heavy atom. The Bertz CT molecular complexity index is 445. The van der Waals surface area contributed by atoms with Crippen LogP contribution >= 0.6 is 0 Å². The van der Waals surface area contributed by atoms with Crippen molar-refractivity contribution < 1.29 is 18.6 Å². The van der Waals surface area contributed by atoms with Crippen molar-refractivity contribution in [3.05, 3.63) is 29.8 Å². The predicted molar refractivity (Wildman–Crippen MR) is 76.5 cm³/mol. The molecule has 1 heterocycles. The van der Waals surface area contributed by atoms with Crippen LogP contribution in [0.3, 0.4) is 0 Å². The van der Waals surface area contributed by atoms with Crippen LogP contribution in [-0.4, -0.2) is 60.8 Å². The molecule has 1 saturated heterocycles. The van der Waals surface area contributed by atoms with Crippen LogP contribution in [0.15, 0.2) is 24.3 Å². The minimum atomic E-state index is -2.79. The fraction of sp³-hybridized carbons (Fsp3) is 0.600. The molecule has 0 radical (unpaired) electrons. The van der Waals surface area contributed by atoms with E-state index >= 15 is 0 Å². The van der Waals surface area contributed by atoms with Crippen LogP contribution in [-0.2, 0) is 6.54 Å². The summed E-state index contributed by atoms with van der Waals surface area (Å²) in [7, 11) is 2.06. The summed E-state index contributed by atoms with van der Waals surface area (Å²) in [5.74, 6) is 0.198. The first kappa shape index (κ1) is 16.1. The molecule has 0 unspecified atom stereocenters. The first-order chi connectivity index (χ1) is 10.1. The Hall–Kier alpha value is -1.24. The number of likely N-dealkylation sites (N-methyl/N-ethyl adjacent to an activating group) is 1. The van der Waals surface area contributed by atoms with Crippen LogP contribution in [0.5, 0.6) is 5.75 Å². The highest BCUT2D eigenvalue weighted by atomic mass is 19.3. The average molecular weight is 300 g/mol. The Morgan fingerprint density at radius 3 is 2.90 bits per heavy atom. The summed E-state index contributed by atoms with van der Waals surface area (Å²) >= 11 is 0. The van der Waals surface area contributed by atoms with Crippen molar-refractivity contribution in [1.82, 2.24) is 9.80 Å². The van der Waals surface area contributed by atoms with Gasteiger partial charge in [-0.05, 0) is 31.2 Å². The van der Waals surface area contributed by atoms with E-state index in [0.29, 0.717) is 12.6 Å². The van der Waals surface area contributed by atoms with E-state index in [2.05, 4.69) is 21.6 Å². The van der Waals surface area contributed by atoms with Crippen molar-refractivity contribution in [1.29, 1.82) is 0 Å². The Labute approximate surface area is 123 Å². The van der Waals surface area contributed by atoms with E-state index < -0.39 is 6.61 Å². The van der Waals surface area contributed by atoms with Gasteiger partial charge < -0.3 is 14.7 Å². The number of aliphatic hydroxyl groups is 1. The molecule has 0 amide bonds. The fourth-order valence-electron chi connectivity index (χ4n) is 2.69. The minimum absolute atomic E-state index is 0.181. The van der Waals surface area contributed by atoms with E-state index in [4.69, 9.17) is 5.11 Å². The molecule has 1 aromatic carbocycles. The molecule has 1 aromatic rings. The third-order valence-electron chi connectivity index (χ3n) is 3.85. The van der Waals surface area contributed by atoms with Gasteiger partial charge in [0.05, 0.1) is 0 Å². The maximum atomic E-state index is 12.2. The van der Waals surface area contributed by atoms with Crippen LogP contribution in [0, 0.1) is 0 Å². The van der Waals surface area contributed by atoms with Crippen LogP contribution in [0.25, 0.3) is 0 Å². The van der Waals surface area contributed by atoms with Gasteiger partial charge in [-0.25, -0.2) is 0 Å². The lowest BCUT2D eigenvalue weighted by atomic mass is 10.1. The van der Waals surface area contributed by atoms with Crippen molar-refractivity contribution >= 4 is 0 Å². The van der Waals surface area contributed by atoms with Gasteiger partial charge >= 0.3 is 6.61 Å². The second kappa shape index (κ2) is 7.68. The number of hydrogen-bond donors (Lipinski definition) is 1. The third kappa shape index (κ3) is 4.91. The Kier molecular flexibility index (Phi) is 5.90. The molecule has 118 valence electrons. The summed E-state index contributed by atoms with van der Waals surface area (Å²) < 4.78 is 28.9. The monoisotopic (exact) mass is 300 g/mol. The lowest BCUT2D eigenvalue weighted by Gasteiger charge is -2.39. The molecule has 0 saturated carbocycles. The molecule has 0 bridgehead atoms. The van der Waals surface area contributed by atoms with Crippen molar-refractivity contribution in [2.45, 2.75) is 25.6 Å². The molecule has 1 atom stereocenters. The van der Waals surface area contributed by atoms with Gasteiger partial charge in [0.2, 0.25) is 0 Å². The topological polar surface area (TPSA) is 35.9 Å². The summed E-state index contributed by atoms with van der Waals surface area (Å²) in [6.07, 6.45) is 0.752. The number of hydrogen-bond acceptors (Lipinski definition) is 4. The van der Waals surface area contributed by atoms with Crippen LogP contribution in [0.2, 0.25) is 0 Å². The number of halogens is 2. The quantitative estimate of drug-likeness (QED) is 0.869. The van der Waals surface area contributed by atoms with Gasteiger partial charge in [-0.1, -0.05) is 12.1 Å². The summed E-state index contributed by atoms with van der Waals surface area (Å²) in [5.41, 5.74) is 0.959. The molecule has 2 rings (SSSR count). The Balaban J connectivity index is 1.94. The zero-order chi connectivity index (χ0) is 15.2. The van der Waals surface area contributed by atoms with Gasteiger partial charge in [-0.15, -0.1) is 0 Å². The molecule has 21 heavy (non-hydrogen) atoms. The van der Waals surface area contributed by atoms with Crippen LogP contribution < -0.4 is 4.74 Å². The van der Waals surface area contributed by atoms with Crippen molar-refractivity contribution in [2.75, 3.05) is 33.3 Å². The van der Waals surface area contributed by atoms with Crippen LogP contribution in [0.1, 0.15) is 12.0 Å². The first-order valence-corrected chi connectivity index (χ1v) is 7.15. The van der Waals surface area contributed by atoms with E-state index in [-0.39, 0.29) is 12.4 Å². The fourth-order valence-corrected chi connectivity index (χ4v) is 2.69. The van der Waals surface area contributed by atoms with Gasteiger partial charge in [-0.2, -0.15) is 8.78 Å². The number of alkyl halides is 2. The van der Waals surface area contributed by atoms with Crippen LogP contribution in [0.4, 0.5) is 8.78 Å². The molecule has 4 nitrogen and oxygen atoms in total. The van der Waals surface area contributed by atoms with Crippen molar-refractivity contribution in [3.8, 4) is 5.75 Å². The molecule has 0 aromatic heterocycles. The highest BCUT2D eigenvalue weighted by Gasteiger charge is 2.23. The van der Waals surface area contributed by atoms with Gasteiger partial charge in [0.1, 0.15) is 5.75 Å². The molecular weight excluding hydrogens is 278 g/mol. The predicted octanol–water partition coefficient (Wildman–Crippen LogP) is 1.79. The van der Waals surface area contributed by atoms with Gasteiger partial charge in [0.25, 0.3) is 0 Å². The Morgan fingerprint density at radius 2 is 2.19 bits per heavy atom. The largest absolute Gasteiger partial charge is 0.435 e. The summed E-state index contributed by atoms with van der Waals surface area (Å²) in [5, 5.41) is 9.10. The summed E-state index contributed by atoms with van der Waals surface area (Å²) in [6, 6.07) is 7.18. The number of aliphatic hydroxyl groups excluding tert-OH is 1. The third-order valence-corrected chi connectivity index (χ3v) is 3.85. The average Bonchev–Trinajstić information content (AvgIpc) is 2.42. The normalized spacial score (nSPS) is 20.9. The SMILES string of the molecule is CN1CCN(Cc2cccc(OC(F)F)c2)C[C@H]1CCO. The van der Waals surface area contributed by atoms with Gasteiger partial charge in [0, 0.05) is 38.8 Å².